The molecule has 2 N–H and O–H groups in total. The maximum atomic E-state index is 14.0. The smallest absolute Gasteiger partial charge is 0.361 e. The molecule has 2 aromatic heterocycles. The summed E-state index contributed by atoms with van der Waals surface area (Å²) < 4.78 is 41.1. The Morgan fingerprint density at radius 3 is 2.59 bits per heavy atom. The van der Waals surface area contributed by atoms with Gasteiger partial charge < -0.3 is 20.1 Å². The van der Waals surface area contributed by atoms with Gasteiger partial charge >= 0.3 is 6.18 Å². The maximum Gasteiger partial charge on any atom is 0.416 e. The monoisotopic (exact) mass is 560 g/mol. The number of benzene rings is 1. The van der Waals surface area contributed by atoms with E-state index in [1.165, 1.54) is 0 Å². The minimum Gasteiger partial charge on any atom is -0.361 e. The third kappa shape index (κ3) is 4.17. The minimum atomic E-state index is -4.55. The van der Waals surface area contributed by atoms with E-state index >= 15 is 0 Å². The van der Waals surface area contributed by atoms with Crippen LogP contribution in [0.5, 0.6) is 0 Å². The molecule has 4 heterocycles. The largest absolute Gasteiger partial charge is 0.416 e. The molecule has 2 fully saturated rings. The summed E-state index contributed by atoms with van der Waals surface area (Å²) >= 11 is 6.13. The Balaban J connectivity index is 1.47. The number of fused-ring (bicyclic) bond motifs is 4. The molecule has 12 heteroatoms. The van der Waals surface area contributed by atoms with Crippen molar-refractivity contribution in [2.45, 2.75) is 70.3 Å². The summed E-state index contributed by atoms with van der Waals surface area (Å²) in [6.07, 6.45) is -2.14. The van der Waals surface area contributed by atoms with Gasteiger partial charge in [0, 0.05) is 31.1 Å². The molecule has 0 bridgehead atoms. The van der Waals surface area contributed by atoms with Crippen LogP contribution in [0.2, 0.25) is 5.02 Å². The number of alkyl halides is 3. The lowest BCUT2D eigenvalue weighted by Crippen LogP contribution is -2.64. The fourth-order valence-corrected chi connectivity index (χ4v) is 6.35. The molecule has 1 saturated heterocycles. The number of aromatic nitrogens is 3. The predicted octanol–water partition coefficient (Wildman–Crippen LogP) is 4.71. The second kappa shape index (κ2) is 9.19. The Morgan fingerprint density at radius 2 is 1.92 bits per heavy atom. The van der Waals surface area contributed by atoms with E-state index in [-0.39, 0.29) is 33.6 Å². The first-order chi connectivity index (χ1) is 18.5. The molecule has 206 valence electrons. The molecule has 0 radical (unpaired) electrons. The molecule has 2 unspecified atom stereocenters. The van der Waals surface area contributed by atoms with E-state index in [2.05, 4.69) is 20.5 Å². The number of carbonyl (C=O) groups excluding carboxylic acids is 1. The van der Waals surface area contributed by atoms with Gasteiger partial charge in [-0.25, -0.2) is 9.97 Å². The summed E-state index contributed by atoms with van der Waals surface area (Å²) in [6, 6.07) is 2.59. The quantitative estimate of drug-likeness (QED) is 0.482. The predicted molar refractivity (Wildman–Crippen MR) is 143 cm³/mol. The second-order valence-electron chi connectivity index (χ2n) is 10.7. The van der Waals surface area contributed by atoms with Crippen molar-refractivity contribution < 1.29 is 18.0 Å². The fourth-order valence-electron chi connectivity index (χ4n) is 6.12. The van der Waals surface area contributed by atoms with Crippen LogP contribution in [-0.2, 0) is 11.0 Å². The van der Waals surface area contributed by atoms with Gasteiger partial charge in [0.15, 0.2) is 11.2 Å². The van der Waals surface area contributed by atoms with Gasteiger partial charge in [-0.2, -0.15) is 13.2 Å². The topological polar surface area (TPSA) is 92.2 Å². The van der Waals surface area contributed by atoms with Crippen LogP contribution >= 0.6 is 11.6 Å². The molecular formula is C27H28ClF3N6O2. The number of halogens is 4. The average Bonchev–Trinajstić information content (AvgIpc) is 3.19. The zero-order chi connectivity index (χ0) is 27.8. The number of pyridine rings is 1. The highest BCUT2D eigenvalue weighted by molar-refractivity contribution is 6.33. The highest BCUT2D eigenvalue weighted by Gasteiger charge is 2.44. The van der Waals surface area contributed by atoms with Crippen LogP contribution in [0.15, 0.2) is 23.0 Å². The lowest BCUT2D eigenvalue weighted by molar-refractivity contribution is -0.137. The van der Waals surface area contributed by atoms with Crippen LogP contribution in [0, 0.1) is 13.8 Å². The van der Waals surface area contributed by atoms with E-state index in [0.717, 1.165) is 43.3 Å². The number of nitrogens with zero attached hydrogens (tertiary/aromatic N) is 4. The van der Waals surface area contributed by atoms with E-state index in [1.54, 1.807) is 13.8 Å². The van der Waals surface area contributed by atoms with Crippen LogP contribution in [0.3, 0.4) is 0 Å². The molecule has 3 aliphatic rings. The van der Waals surface area contributed by atoms with Crippen molar-refractivity contribution in [2.75, 3.05) is 23.3 Å². The number of piperazine rings is 1. The standard InChI is InChI=1S/C27H28ClF3N6O2/c1-12-10-20(26(39)35-17-5-4-15(11-16(17)28)27(29,30)31)37-22(12)23(36-9-8-32-18-6-7-19(18)36)24(38)21-25(37)34-14(3)13(2)33-21/h4-5,11-12,18-20,32H,6-10H2,1-3H3,(H,35,39)/t12?,18-,19-,20?/m0/s1. The van der Waals surface area contributed by atoms with Crippen molar-refractivity contribution in [3.63, 3.8) is 0 Å². The number of amides is 1. The fraction of sp³-hybridized carbons (Fsp3) is 0.481. The van der Waals surface area contributed by atoms with Gasteiger partial charge in [-0.05, 0) is 51.3 Å². The zero-order valence-electron chi connectivity index (χ0n) is 21.7. The molecule has 6 rings (SSSR count). The average molecular weight is 561 g/mol. The Labute approximate surface area is 227 Å². The highest BCUT2D eigenvalue weighted by Crippen LogP contribution is 2.44. The molecular weight excluding hydrogens is 533 g/mol. The molecule has 2 aliphatic heterocycles. The molecule has 1 amide bonds. The molecule has 0 spiro atoms. The highest BCUT2D eigenvalue weighted by atomic mass is 35.5. The molecule has 8 nitrogen and oxygen atoms in total. The van der Waals surface area contributed by atoms with Gasteiger partial charge in [0.2, 0.25) is 11.3 Å². The molecule has 4 atom stereocenters. The van der Waals surface area contributed by atoms with E-state index in [0.29, 0.717) is 41.7 Å². The van der Waals surface area contributed by atoms with Gasteiger partial charge in [0.1, 0.15) is 11.7 Å². The number of rotatable bonds is 3. The van der Waals surface area contributed by atoms with Crippen molar-refractivity contribution >= 4 is 40.0 Å². The summed E-state index contributed by atoms with van der Waals surface area (Å²) in [7, 11) is 0. The van der Waals surface area contributed by atoms with Crippen LogP contribution < -0.4 is 21.0 Å². The maximum absolute atomic E-state index is 14.0. The summed E-state index contributed by atoms with van der Waals surface area (Å²) in [6.45, 7) is 7.00. The van der Waals surface area contributed by atoms with Gasteiger partial charge in [0.05, 0.1) is 33.4 Å². The zero-order valence-corrected chi connectivity index (χ0v) is 22.5. The number of hydrogen-bond acceptors (Lipinski definition) is 6. The van der Waals surface area contributed by atoms with E-state index in [1.807, 2.05) is 11.5 Å². The van der Waals surface area contributed by atoms with Crippen molar-refractivity contribution in [1.82, 2.24) is 19.9 Å². The first kappa shape index (κ1) is 26.1. The number of aryl methyl sites for hydroxylation is 2. The summed E-state index contributed by atoms with van der Waals surface area (Å²) in [5, 5.41) is 6.02. The Morgan fingerprint density at radius 1 is 1.18 bits per heavy atom. The first-order valence-corrected chi connectivity index (χ1v) is 13.4. The number of nitrogens with one attached hydrogen (secondary N) is 2. The normalized spacial score (nSPS) is 24.3. The third-order valence-electron chi connectivity index (χ3n) is 8.35. The molecule has 1 aromatic carbocycles. The second-order valence-corrected chi connectivity index (χ2v) is 11.1. The number of hydrogen-bond donors (Lipinski definition) is 2. The molecule has 39 heavy (non-hydrogen) atoms. The Hall–Kier alpha value is -3.18. The first-order valence-electron chi connectivity index (χ1n) is 13.1. The minimum absolute atomic E-state index is 0.0823. The Kier molecular flexibility index (Phi) is 6.14. The summed E-state index contributed by atoms with van der Waals surface area (Å²) in [4.78, 5) is 39.2. The third-order valence-corrected chi connectivity index (χ3v) is 8.66. The van der Waals surface area contributed by atoms with Crippen molar-refractivity contribution in [1.29, 1.82) is 0 Å². The lowest BCUT2D eigenvalue weighted by Gasteiger charge is -2.50. The van der Waals surface area contributed by atoms with E-state index < -0.39 is 23.7 Å². The van der Waals surface area contributed by atoms with Gasteiger partial charge in [-0.15, -0.1) is 0 Å². The van der Waals surface area contributed by atoms with Gasteiger partial charge in [0.25, 0.3) is 0 Å². The van der Waals surface area contributed by atoms with Crippen LogP contribution in [0.4, 0.5) is 24.5 Å². The van der Waals surface area contributed by atoms with E-state index in [4.69, 9.17) is 16.6 Å². The molecule has 3 aromatic rings. The van der Waals surface area contributed by atoms with Gasteiger partial charge in [-0.3, -0.25) is 9.59 Å². The van der Waals surface area contributed by atoms with Crippen molar-refractivity contribution in [3.8, 4) is 0 Å². The number of anilines is 2. The summed E-state index contributed by atoms with van der Waals surface area (Å²) in [5.74, 6) is -0.590. The summed E-state index contributed by atoms with van der Waals surface area (Å²) in [5.41, 5.74) is 2.16. The van der Waals surface area contributed by atoms with Crippen molar-refractivity contribution in [3.05, 3.63) is 56.1 Å². The van der Waals surface area contributed by atoms with E-state index in [9.17, 15) is 22.8 Å². The van der Waals surface area contributed by atoms with Crippen LogP contribution in [0.1, 0.15) is 60.8 Å². The number of carbonyl (C=O) groups is 1. The molecule has 1 saturated carbocycles. The van der Waals surface area contributed by atoms with Gasteiger partial charge in [-0.1, -0.05) is 18.5 Å². The SMILES string of the molecule is Cc1nc2c(=O)c(N3CCN[C@H]4CC[C@@H]43)c3n(c2nc1C)C(C(=O)Nc1ccc(C(F)(F)F)cc1Cl)CC3C. The lowest BCUT2D eigenvalue weighted by atomic mass is 9.82. The van der Waals surface area contributed by atoms with Crippen LogP contribution in [0.25, 0.3) is 11.2 Å². The Bertz CT molecular complexity index is 1570. The molecule has 1 aliphatic carbocycles. The van der Waals surface area contributed by atoms with Crippen LogP contribution in [-0.4, -0.2) is 45.6 Å². The van der Waals surface area contributed by atoms with Crippen molar-refractivity contribution in [2.24, 2.45) is 0 Å².